The summed E-state index contributed by atoms with van der Waals surface area (Å²) in [4.78, 5) is 26.5. The summed E-state index contributed by atoms with van der Waals surface area (Å²) in [6.45, 7) is 3.72. The first-order valence-electron chi connectivity index (χ1n) is 10.8. The number of fused-ring (bicyclic) bond motifs is 1. The van der Waals surface area contributed by atoms with Crippen molar-refractivity contribution in [3.8, 4) is 0 Å². The number of carbonyl (C=O) groups excluding carboxylic acids is 2. The summed E-state index contributed by atoms with van der Waals surface area (Å²) < 4.78 is 13.5. The van der Waals surface area contributed by atoms with Gasteiger partial charge in [-0.2, -0.15) is 0 Å². The van der Waals surface area contributed by atoms with Crippen LogP contribution >= 0.6 is 0 Å². The van der Waals surface area contributed by atoms with Gasteiger partial charge in [-0.05, 0) is 79.2 Å². The number of halogens is 1. The van der Waals surface area contributed by atoms with Gasteiger partial charge < -0.3 is 15.5 Å². The largest absolute Gasteiger partial charge is 0.326 e. The van der Waals surface area contributed by atoms with Gasteiger partial charge in [0.1, 0.15) is 5.82 Å². The Labute approximate surface area is 192 Å². The third kappa shape index (κ3) is 5.03. The van der Waals surface area contributed by atoms with Crippen molar-refractivity contribution in [3.63, 3.8) is 0 Å². The molecule has 0 unspecified atom stereocenters. The van der Waals surface area contributed by atoms with E-state index < -0.39 is 0 Å². The van der Waals surface area contributed by atoms with Crippen molar-refractivity contribution in [1.82, 2.24) is 0 Å². The summed E-state index contributed by atoms with van der Waals surface area (Å²) in [5, 5.41) is 5.68. The lowest BCUT2D eigenvalue weighted by Crippen LogP contribution is -2.17. The molecule has 0 bridgehead atoms. The molecule has 6 heteroatoms. The lowest BCUT2D eigenvalue weighted by molar-refractivity contribution is -0.115. The molecule has 1 aliphatic heterocycles. The second kappa shape index (κ2) is 9.55. The van der Waals surface area contributed by atoms with Gasteiger partial charge in [0.15, 0.2) is 0 Å². The van der Waals surface area contributed by atoms with E-state index in [0.29, 0.717) is 29.8 Å². The highest BCUT2D eigenvalue weighted by Crippen LogP contribution is 2.35. The predicted molar refractivity (Wildman–Crippen MR) is 129 cm³/mol. The minimum Gasteiger partial charge on any atom is -0.326 e. The zero-order valence-electron chi connectivity index (χ0n) is 18.5. The molecule has 1 aliphatic rings. The average molecular weight is 442 g/mol. The highest BCUT2D eigenvalue weighted by Gasteiger charge is 2.19. The number of benzene rings is 3. The fourth-order valence-electron chi connectivity index (χ4n) is 3.65. The molecule has 0 radical (unpaired) electrons. The first-order valence-corrected chi connectivity index (χ1v) is 10.8. The fraction of sp³-hybridized carbons (Fsp3) is 0.148. The zero-order chi connectivity index (χ0) is 23.4. The number of rotatable bonds is 5. The van der Waals surface area contributed by atoms with E-state index in [4.69, 9.17) is 0 Å². The molecule has 33 heavy (non-hydrogen) atoms. The van der Waals surface area contributed by atoms with E-state index in [1.165, 1.54) is 12.1 Å². The van der Waals surface area contributed by atoms with Gasteiger partial charge in [-0.15, -0.1) is 5.73 Å². The Hall–Kier alpha value is -4.15. The number of allylic oxidation sites excluding steroid dienone is 1. The molecular formula is C27H24FN3O2. The molecular weight excluding hydrogens is 417 g/mol. The molecule has 3 aromatic carbocycles. The van der Waals surface area contributed by atoms with E-state index >= 15 is 0 Å². The molecule has 1 heterocycles. The van der Waals surface area contributed by atoms with Gasteiger partial charge in [-0.1, -0.05) is 13.0 Å². The summed E-state index contributed by atoms with van der Waals surface area (Å²) in [5.41, 5.74) is 8.59. The first kappa shape index (κ1) is 22.1. The van der Waals surface area contributed by atoms with E-state index in [1.54, 1.807) is 49.4 Å². The van der Waals surface area contributed by atoms with Crippen molar-refractivity contribution in [3.05, 3.63) is 101 Å². The zero-order valence-corrected chi connectivity index (χ0v) is 18.5. The number of nitrogens with zero attached hydrogens (tertiary/aromatic N) is 1. The first-order chi connectivity index (χ1) is 15.9. The van der Waals surface area contributed by atoms with E-state index in [9.17, 15) is 14.0 Å². The Balaban J connectivity index is 1.60. The van der Waals surface area contributed by atoms with Crippen LogP contribution in [0.15, 0.2) is 84.2 Å². The number of hydrogen-bond acceptors (Lipinski definition) is 3. The maximum atomic E-state index is 13.5. The third-order valence-corrected chi connectivity index (χ3v) is 5.39. The van der Waals surface area contributed by atoms with Crippen molar-refractivity contribution in [2.24, 2.45) is 0 Å². The van der Waals surface area contributed by atoms with Crippen LogP contribution in [0, 0.1) is 5.82 Å². The summed E-state index contributed by atoms with van der Waals surface area (Å²) in [6, 6.07) is 18.8. The van der Waals surface area contributed by atoms with Crippen LogP contribution in [0.2, 0.25) is 0 Å². The van der Waals surface area contributed by atoms with Crippen LogP contribution < -0.4 is 15.5 Å². The molecule has 5 nitrogen and oxygen atoms in total. The third-order valence-electron chi connectivity index (χ3n) is 5.39. The molecule has 0 spiro atoms. The van der Waals surface area contributed by atoms with Gasteiger partial charge in [-0.3, -0.25) is 9.59 Å². The number of carbonyl (C=O) groups is 2. The molecule has 0 fully saturated rings. The maximum absolute atomic E-state index is 13.5. The van der Waals surface area contributed by atoms with Crippen molar-refractivity contribution >= 4 is 34.6 Å². The lowest BCUT2D eigenvalue weighted by Gasteiger charge is -2.26. The van der Waals surface area contributed by atoms with Crippen LogP contribution in [-0.4, -0.2) is 11.8 Å². The van der Waals surface area contributed by atoms with Crippen molar-refractivity contribution in [2.45, 2.75) is 26.7 Å². The summed E-state index contributed by atoms with van der Waals surface area (Å²) in [5.74, 6) is -0.623. The Morgan fingerprint density at radius 1 is 0.970 bits per heavy atom. The summed E-state index contributed by atoms with van der Waals surface area (Å²) >= 11 is 0. The number of anilines is 4. The van der Waals surface area contributed by atoms with Crippen LogP contribution in [0.25, 0.3) is 0 Å². The van der Waals surface area contributed by atoms with Crippen LogP contribution in [0.4, 0.5) is 27.1 Å². The van der Waals surface area contributed by atoms with Crippen molar-refractivity contribution in [1.29, 1.82) is 0 Å². The topological polar surface area (TPSA) is 61.4 Å². The quantitative estimate of drug-likeness (QED) is 0.465. The smallest absolute Gasteiger partial charge is 0.255 e. The standard InChI is InChI=1S/C27H24FN3O2/c1-3-26(32)29-22-11-13-23(14-12-22)30-27(33)20-8-7-19-6-4-5-18(2)31(25(19)17-20)24-15-9-21(28)10-16-24/h4,7-17H,3,6H2,1-2H3,(H,29,32)(H,30,33). The molecule has 2 amide bonds. The molecule has 0 aliphatic carbocycles. The van der Waals surface area contributed by atoms with Crippen LogP contribution in [-0.2, 0) is 11.2 Å². The Bertz CT molecular complexity index is 1260. The van der Waals surface area contributed by atoms with Crippen LogP contribution in [0.3, 0.4) is 0 Å². The molecule has 0 atom stereocenters. The molecule has 166 valence electrons. The van der Waals surface area contributed by atoms with E-state index in [-0.39, 0.29) is 17.6 Å². The Morgan fingerprint density at radius 3 is 2.30 bits per heavy atom. The van der Waals surface area contributed by atoms with E-state index in [0.717, 1.165) is 22.6 Å². The fourth-order valence-corrected chi connectivity index (χ4v) is 3.65. The van der Waals surface area contributed by atoms with Gasteiger partial charge in [0.05, 0.1) is 11.4 Å². The highest BCUT2D eigenvalue weighted by atomic mass is 19.1. The maximum Gasteiger partial charge on any atom is 0.255 e. The Kier molecular flexibility index (Phi) is 6.38. The minimum atomic E-state index is -0.306. The number of amides is 2. The second-order valence-electron chi connectivity index (χ2n) is 7.73. The number of nitrogens with one attached hydrogen (secondary N) is 2. The van der Waals surface area contributed by atoms with Gasteiger partial charge in [0, 0.05) is 35.5 Å². The Morgan fingerprint density at radius 2 is 1.64 bits per heavy atom. The molecule has 0 aromatic heterocycles. The molecule has 4 rings (SSSR count). The van der Waals surface area contributed by atoms with E-state index in [2.05, 4.69) is 16.4 Å². The highest BCUT2D eigenvalue weighted by molar-refractivity contribution is 6.05. The van der Waals surface area contributed by atoms with Gasteiger partial charge in [0.2, 0.25) is 5.91 Å². The molecule has 0 saturated carbocycles. The SMILES string of the molecule is CCC(=O)Nc1ccc(NC(=O)c2ccc3c(c2)N(c2ccc(F)cc2)C(C)=C=CC3)cc1. The minimum absolute atomic E-state index is 0.0682. The van der Waals surface area contributed by atoms with Gasteiger partial charge >= 0.3 is 0 Å². The second-order valence-corrected chi connectivity index (χ2v) is 7.73. The van der Waals surface area contributed by atoms with Gasteiger partial charge in [0.25, 0.3) is 5.91 Å². The molecule has 3 aromatic rings. The van der Waals surface area contributed by atoms with Crippen LogP contribution in [0.1, 0.15) is 36.2 Å². The number of hydrogen-bond donors (Lipinski definition) is 2. The van der Waals surface area contributed by atoms with Crippen molar-refractivity contribution in [2.75, 3.05) is 15.5 Å². The average Bonchev–Trinajstić information content (AvgIpc) is 2.98. The van der Waals surface area contributed by atoms with Gasteiger partial charge in [-0.25, -0.2) is 4.39 Å². The monoisotopic (exact) mass is 441 g/mol. The predicted octanol–water partition coefficient (Wildman–Crippen LogP) is 6.18. The summed E-state index contributed by atoms with van der Waals surface area (Å²) in [7, 11) is 0. The van der Waals surface area contributed by atoms with Crippen LogP contribution in [0.5, 0.6) is 0 Å². The summed E-state index contributed by atoms with van der Waals surface area (Å²) in [6.07, 6.45) is 3.03. The normalized spacial score (nSPS) is 12.5. The van der Waals surface area contributed by atoms with Crippen molar-refractivity contribution < 1.29 is 14.0 Å². The molecule has 2 N–H and O–H groups in total. The molecule has 0 saturated heterocycles. The van der Waals surface area contributed by atoms with E-state index in [1.807, 2.05) is 30.0 Å². The lowest BCUT2D eigenvalue weighted by atomic mass is 10.0.